The van der Waals surface area contributed by atoms with Gasteiger partial charge >= 0.3 is 0 Å². The lowest BCUT2D eigenvalue weighted by molar-refractivity contribution is 0.0597. The minimum atomic E-state index is -0.167. The van der Waals surface area contributed by atoms with Crippen molar-refractivity contribution in [1.82, 2.24) is 19.6 Å². The number of carbonyl (C=O) groups is 1. The number of piperidine rings is 1. The van der Waals surface area contributed by atoms with Crippen LogP contribution in [0.2, 0.25) is 0 Å². The van der Waals surface area contributed by atoms with Gasteiger partial charge in [-0.25, -0.2) is 4.39 Å². The summed E-state index contributed by atoms with van der Waals surface area (Å²) in [6.07, 6.45) is 1.96. The summed E-state index contributed by atoms with van der Waals surface area (Å²) in [5.41, 5.74) is 2.26. The van der Waals surface area contributed by atoms with Crippen molar-refractivity contribution in [2.45, 2.75) is 45.2 Å². The van der Waals surface area contributed by atoms with Gasteiger partial charge in [-0.2, -0.15) is 5.10 Å². The molecule has 1 atom stereocenters. The van der Waals surface area contributed by atoms with Crippen molar-refractivity contribution < 1.29 is 9.18 Å². The maximum absolute atomic E-state index is 14.0. The molecule has 27 heavy (non-hydrogen) atoms. The van der Waals surface area contributed by atoms with Crippen LogP contribution in [0.3, 0.4) is 0 Å². The molecular formula is C21H29FN4O. The monoisotopic (exact) mass is 372 g/mol. The molecule has 0 bridgehead atoms. The van der Waals surface area contributed by atoms with Crippen LogP contribution in [0.4, 0.5) is 4.39 Å². The molecule has 0 aliphatic carbocycles. The lowest BCUT2D eigenvalue weighted by Crippen LogP contribution is -2.48. The number of halogens is 1. The predicted molar refractivity (Wildman–Crippen MR) is 104 cm³/mol. The van der Waals surface area contributed by atoms with E-state index in [0.29, 0.717) is 17.8 Å². The van der Waals surface area contributed by atoms with Crippen molar-refractivity contribution in [2.75, 3.05) is 20.1 Å². The molecule has 0 spiro atoms. The molecule has 1 aliphatic heterocycles. The van der Waals surface area contributed by atoms with Gasteiger partial charge in [0.15, 0.2) is 0 Å². The molecule has 0 saturated carbocycles. The summed E-state index contributed by atoms with van der Waals surface area (Å²) in [6, 6.07) is 8.92. The van der Waals surface area contributed by atoms with Gasteiger partial charge in [0.2, 0.25) is 0 Å². The Balaban J connectivity index is 1.68. The van der Waals surface area contributed by atoms with Crippen LogP contribution < -0.4 is 0 Å². The number of likely N-dealkylation sites (N-methyl/N-ethyl adjacent to an activating group) is 1. The topological polar surface area (TPSA) is 41.4 Å². The molecule has 0 N–H and O–H groups in total. The fraction of sp³-hybridized carbons (Fsp3) is 0.524. The number of hydrogen-bond donors (Lipinski definition) is 0. The Morgan fingerprint density at radius 1 is 1.37 bits per heavy atom. The van der Waals surface area contributed by atoms with Crippen molar-refractivity contribution in [3.05, 3.63) is 53.1 Å². The number of carbonyl (C=O) groups excluding carboxylic acids is 1. The van der Waals surface area contributed by atoms with Crippen LogP contribution in [0.15, 0.2) is 30.3 Å². The Labute approximate surface area is 160 Å². The Morgan fingerprint density at radius 2 is 2.11 bits per heavy atom. The van der Waals surface area contributed by atoms with E-state index < -0.39 is 0 Å². The van der Waals surface area contributed by atoms with Crippen molar-refractivity contribution in [3.8, 4) is 0 Å². The smallest absolute Gasteiger partial charge is 0.272 e. The molecule has 1 fully saturated rings. The highest BCUT2D eigenvalue weighted by Gasteiger charge is 2.28. The Bertz CT molecular complexity index is 801. The molecule has 2 heterocycles. The number of rotatable bonds is 5. The fourth-order valence-electron chi connectivity index (χ4n) is 3.68. The SMILES string of the molecule is CC(C)c1cc(C(=O)N(C)[C@@H]2CCCN(Cc3ccccc3F)C2)n(C)n1. The third-order valence-electron chi connectivity index (χ3n) is 5.41. The third kappa shape index (κ3) is 4.38. The van der Waals surface area contributed by atoms with Gasteiger partial charge in [0.1, 0.15) is 11.5 Å². The minimum Gasteiger partial charge on any atom is -0.336 e. The second-order valence-electron chi connectivity index (χ2n) is 7.77. The molecule has 1 amide bonds. The van der Waals surface area contributed by atoms with E-state index in [2.05, 4.69) is 23.8 Å². The van der Waals surface area contributed by atoms with Crippen LogP contribution in [-0.2, 0) is 13.6 Å². The van der Waals surface area contributed by atoms with Crippen molar-refractivity contribution in [3.63, 3.8) is 0 Å². The van der Waals surface area contributed by atoms with Crippen molar-refractivity contribution in [1.29, 1.82) is 0 Å². The van der Waals surface area contributed by atoms with E-state index in [4.69, 9.17) is 0 Å². The minimum absolute atomic E-state index is 0.00496. The van der Waals surface area contributed by atoms with E-state index in [-0.39, 0.29) is 23.7 Å². The summed E-state index contributed by atoms with van der Waals surface area (Å²) in [7, 11) is 3.68. The predicted octanol–water partition coefficient (Wildman–Crippen LogP) is 3.42. The van der Waals surface area contributed by atoms with Crippen LogP contribution in [0.1, 0.15) is 54.4 Å². The molecule has 3 rings (SSSR count). The van der Waals surface area contributed by atoms with Gasteiger partial charge in [-0.05, 0) is 37.4 Å². The zero-order valence-corrected chi connectivity index (χ0v) is 16.7. The quantitative estimate of drug-likeness (QED) is 0.808. The molecular weight excluding hydrogens is 343 g/mol. The second kappa shape index (κ2) is 8.21. The van der Waals surface area contributed by atoms with E-state index >= 15 is 0 Å². The number of hydrogen-bond acceptors (Lipinski definition) is 3. The third-order valence-corrected chi connectivity index (χ3v) is 5.41. The number of aryl methyl sites for hydroxylation is 1. The molecule has 1 aliphatic rings. The summed E-state index contributed by atoms with van der Waals surface area (Å²) in [5, 5.41) is 4.46. The van der Waals surface area contributed by atoms with E-state index in [0.717, 1.165) is 31.6 Å². The van der Waals surface area contributed by atoms with E-state index in [9.17, 15) is 9.18 Å². The lowest BCUT2D eigenvalue weighted by atomic mass is 10.0. The average Bonchev–Trinajstić information content (AvgIpc) is 3.05. The van der Waals surface area contributed by atoms with Gasteiger partial charge in [0.25, 0.3) is 5.91 Å². The molecule has 146 valence electrons. The van der Waals surface area contributed by atoms with Crippen molar-refractivity contribution >= 4 is 5.91 Å². The Morgan fingerprint density at radius 3 is 2.78 bits per heavy atom. The summed E-state index contributed by atoms with van der Waals surface area (Å²) < 4.78 is 15.6. The number of aromatic nitrogens is 2. The Kier molecular flexibility index (Phi) is 5.95. The van der Waals surface area contributed by atoms with Crippen LogP contribution in [-0.4, -0.2) is 51.7 Å². The normalized spacial score (nSPS) is 18.1. The maximum atomic E-state index is 14.0. The van der Waals surface area contributed by atoms with E-state index in [1.165, 1.54) is 6.07 Å². The molecule has 1 aromatic carbocycles. The first-order chi connectivity index (χ1) is 12.9. The van der Waals surface area contributed by atoms with E-state index in [1.54, 1.807) is 10.7 Å². The summed E-state index contributed by atoms with van der Waals surface area (Å²) >= 11 is 0. The highest BCUT2D eigenvalue weighted by atomic mass is 19.1. The zero-order chi connectivity index (χ0) is 19.6. The highest BCUT2D eigenvalue weighted by molar-refractivity contribution is 5.92. The van der Waals surface area contributed by atoms with Crippen LogP contribution >= 0.6 is 0 Å². The molecule has 2 aromatic rings. The first kappa shape index (κ1) is 19.5. The van der Waals surface area contributed by atoms with Gasteiger partial charge < -0.3 is 4.90 Å². The molecule has 1 aromatic heterocycles. The number of amides is 1. The molecule has 0 radical (unpaired) electrons. The number of nitrogens with zero attached hydrogens (tertiary/aromatic N) is 4. The Hall–Kier alpha value is -2.21. The van der Waals surface area contributed by atoms with Gasteiger partial charge in [0, 0.05) is 38.8 Å². The first-order valence-corrected chi connectivity index (χ1v) is 9.63. The van der Waals surface area contributed by atoms with Gasteiger partial charge in [-0.1, -0.05) is 32.0 Å². The average molecular weight is 372 g/mol. The second-order valence-corrected chi connectivity index (χ2v) is 7.77. The van der Waals surface area contributed by atoms with Crippen LogP contribution in [0.25, 0.3) is 0 Å². The first-order valence-electron chi connectivity index (χ1n) is 9.63. The number of likely N-dealkylation sites (tertiary alicyclic amines) is 1. The zero-order valence-electron chi connectivity index (χ0n) is 16.7. The fourth-order valence-corrected chi connectivity index (χ4v) is 3.68. The summed E-state index contributed by atoms with van der Waals surface area (Å²) in [5.74, 6) is 0.115. The molecule has 6 heteroatoms. The largest absolute Gasteiger partial charge is 0.336 e. The maximum Gasteiger partial charge on any atom is 0.272 e. The van der Waals surface area contributed by atoms with Crippen LogP contribution in [0, 0.1) is 5.82 Å². The number of benzene rings is 1. The molecule has 5 nitrogen and oxygen atoms in total. The molecule has 0 unspecified atom stereocenters. The summed E-state index contributed by atoms with van der Waals surface area (Å²) in [6.45, 7) is 6.40. The standard InChI is InChI=1S/C21H29FN4O/c1-15(2)19-12-20(25(4)23-19)21(27)24(3)17-9-7-11-26(14-17)13-16-8-5-6-10-18(16)22/h5-6,8,10,12,15,17H,7,9,11,13-14H2,1-4H3/t17-/m1/s1. The van der Waals surface area contributed by atoms with Gasteiger partial charge in [-0.3, -0.25) is 14.4 Å². The van der Waals surface area contributed by atoms with Crippen LogP contribution in [0.5, 0.6) is 0 Å². The highest BCUT2D eigenvalue weighted by Crippen LogP contribution is 2.21. The lowest BCUT2D eigenvalue weighted by Gasteiger charge is -2.37. The van der Waals surface area contributed by atoms with Gasteiger partial charge in [0.05, 0.1) is 5.69 Å². The molecule has 1 saturated heterocycles. The van der Waals surface area contributed by atoms with E-state index in [1.807, 2.05) is 37.2 Å². The van der Waals surface area contributed by atoms with Gasteiger partial charge in [-0.15, -0.1) is 0 Å². The summed E-state index contributed by atoms with van der Waals surface area (Å²) in [4.78, 5) is 17.1. The van der Waals surface area contributed by atoms with Crippen molar-refractivity contribution in [2.24, 2.45) is 7.05 Å².